The molecule has 132 valence electrons. The predicted octanol–water partition coefficient (Wildman–Crippen LogP) is 2.33. The molecule has 0 bridgehead atoms. The van der Waals surface area contributed by atoms with Gasteiger partial charge in [-0.2, -0.15) is 4.98 Å². The number of halogens is 2. The molecule has 0 saturated carbocycles. The van der Waals surface area contributed by atoms with E-state index in [-0.39, 0.29) is 6.61 Å². The first kappa shape index (κ1) is 17.9. The molecule has 9 heteroatoms. The zero-order chi connectivity index (χ0) is 17.8. The van der Waals surface area contributed by atoms with E-state index in [1.54, 1.807) is 11.0 Å². The fourth-order valence-corrected chi connectivity index (χ4v) is 3.07. The summed E-state index contributed by atoms with van der Waals surface area (Å²) in [6, 6.07) is 6.65. The lowest BCUT2D eigenvalue weighted by Crippen LogP contribution is -2.55. The fourth-order valence-electron chi connectivity index (χ4n) is 2.56. The first-order valence-corrected chi connectivity index (χ1v) is 8.81. The van der Waals surface area contributed by atoms with Crippen LogP contribution in [0.2, 0.25) is 5.02 Å². The van der Waals surface area contributed by atoms with E-state index < -0.39 is 12.0 Å². The molecule has 2 N–H and O–H groups in total. The van der Waals surface area contributed by atoms with Gasteiger partial charge in [-0.1, -0.05) is 23.7 Å². The summed E-state index contributed by atoms with van der Waals surface area (Å²) < 4.78 is 6.19. The molecule has 1 atom stereocenters. The molecular formula is C16H16BrClN4O3. The van der Waals surface area contributed by atoms with Gasteiger partial charge in [-0.3, -0.25) is 0 Å². The summed E-state index contributed by atoms with van der Waals surface area (Å²) in [5.74, 6) is -0.128. The van der Waals surface area contributed by atoms with E-state index in [2.05, 4.69) is 31.2 Å². The van der Waals surface area contributed by atoms with Gasteiger partial charge in [-0.05, 0) is 33.6 Å². The van der Waals surface area contributed by atoms with Gasteiger partial charge in [0.25, 0.3) is 0 Å². The number of hydrogen-bond donors (Lipinski definition) is 2. The van der Waals surface area contributed by atoms with Crippen LogP contribution in [-0.2, 0) is 11.4 Å². The summed E-state index contributed by atoms with van der Waals surface area (Å²) in [6.07, 6.45) is 1.54. The third-order valence-corrected chi connectivity index (χ3v) is 4.55. The molecular weight excluding hydrogens is 412 g/mol. The Balaban J connectivity index is 1.79. The predicted molar refractivity (Wildman–Crippen MR) is 97.2 cm³/mol. The fraction of sp³-hybridized carbons (Fsp3) is 0.312. The quantitative estimate of drug-likeness (QED) is 0.757. The van der Waals surface area contributed by atoms with Gasteiger partial charge >= 0.3 is 5.97 Å². The van der Waals surface area contributed by atoms with Crippen molar-refractivity contribution in [2.24, 2.45) is 0 Å². The van der Waals surface area contributed by atoms with Crippen LogP contribution < -0.4 is 15.0 Å². The van der Waals surface area contributed by atoms with Crippen LogP contribution in [0.4, 0.5) is 5.82 Å². The van der Waals surface area contributed by atoms with Gasteiger partial charge in [-0.25, -0.2) is 9.78 Å². The maximum absolute atomic E-state index is 11.4. The van der Waals surface area contributed by atoms with Crippen molar-refractivity contribution in [3.8, 4) is 5.88 Å². The minimum atomic E-state index is -0.904. The molecule has 3 rings (SSSR count). The molecule has 1 fully saturated rings. The number of aromatic nitrogens is 2. The average Bonchev–Trinajstić information content (AvgIpc) is 2.61. The van der Waals surface area contributed by atoms with E-state index in [4.69, 9.17) is 16.3 Å². The maximum atomic E-state index is 11.4. The van der Waals surface area contributed by atoms with Gasteiger partial charge in [0.1, 0.15) is 12.6 Å². The van der Waals surface area contributed by atoms with Gasteiger partial charge in [0.2, 0.25) is 5.88 Å². The lowest BCUT2D eigenvalue weighted by molar-refractivity contribution is -0.138. The highest BCUT2D eigenvalue weighted by Gasteiger charge is 2.30. The Kier molecular flexibility index (Phi) is 5.72. The van der Waals surface area contributed by atoms with Gasteiger partial charge in [0.15, 0.2) is 10.4 Å². The molecule has 1 aromatic carbocycles. The minimum absolute atomic E-state index is 0.279. The number of ether oxygens (including phenoxy) is 1. The third-order valence-electron chi connectivity index (χ3n) is 3.77. The molecule has 0 radical (unpaired) electrons. The number of benzene rings is 1. The number of anilines is 1. The SMILES string of the molecule is O=C(O)C1CNCCN1c1cnc(Br)c(OCc2cccc(Cl)c2)n1. The summed E-state index contributed by atoms with van der Waals surface area (Å²) in [6.45, 7) is 1.84. The Morgan fingerprint density at radius 2 is 2.36 bits per heavy atom. The van der Waals surface area contributed by atoms with Gasteiger partial charge in [0, 0.05) is 24.7 Å². The molecule has 1 aliphatic heterocycles. The Hall–Kier alpha value is -1.90. The van der Waals surface area contributed by atoms with Crippen molar-refractivity contribution in [3.63, 3.8) is 0 Å². The second-order valence-corrected chi connectivity index (χ2v) is 6.68. The van der Waals surface area contributed by atoms with Crippen LogP contribution in [0.1, 0.15) is 5.56 Å². The Labute approximate surface area is 158 Å². The lowest BCUT2D eigenvalue weighted by Gasteiger charge is -2.34. The van der Waals surface area contributed by atoms with Crippen LogP contribution in [0, 0.1) is 0 Å². The Bertz CT molecular complexity index is 777. The topological polar surface area (TPSA) is 87.6 Å². The standard InChI is InChI=1S/C16H16BrClN4O3/c17-14-15(25-9-10-2-1-3-11(18)6-10)21-13(8-20-14)22-5-4-19-7-12(22)16(23)24/h1-3,6,8,12,19H,4-5,7,9H2,(H,23,24). The molecule has 1 aromatic heterocycles. The second-order valence-electron chi connectivity index (χ2n) is 5.49. The van der Waals surface area contributed by atoms with E-state index in [9.17, 15) is 9.90 Å². The van der Waals surface area contributed by atoms with E-state index in [0.717, 1.165) is 5.56 Å². The number of carboxylic acids is 1. The van der Waals surface area contributed by atoms with Crippen LogP contribution >= 0.6 is 27.5 Å². The van der Waals surface area contributed by atoms with Crippen LogP contribution in [-0.4, -0.2) is 46.7 Å². The minimum Gasteiger partial charge on any atom is -0.480 e. The van der Waals surface area contributed by atoms with Crippen molar-refractivity contribution >= 4 is 39.3 Å². The Morgan fingerprint density at radius 1 is 1.52 bits per heavy atom. The number of carbonyl (C=O) groups is 1. The number of hydrogen-bond acceptors (Lipinski definition) is 6. The van der Waals surface area contributed by atoms with Crippen molar-refractivity contribution < 1.29 is 14.6 Å². The largest absolute Gasteiger partial charge is 0.480 e. The smallest absolute Gasteiger partial charge is 0.327 e. The van der Waals surface area contributed by atoms with E-state index in [1.807, 2.05) is 18.2 Å². The average molecular weight is 428 g/mol. The molecule has 1 saturated heterocycles. The number of aliphatic carboxylic acids is 1. The monoisotopic (exact) mass is 426 g/mol. The molecule has 0 spiro atoms. The highest BCUT2D eigenvalue weighted by Crippen LogP contribution is 2.26. The van der Waals surface area contributed by atoms with Crippen molar-refractivity contribution in [1.82, 2.24) is 15.3 Å². The Morgan fingerprint density at radius 3 is 3.12 bits per heavy atom. The van der Waals surface area contributed by atoms with Crippen molar-refractivity contribution in [2.75, 3.05) is 24.5 Å². The maximum Gasteiger partial charge on any atom is 0.327 e. The summed E-state index contributed by atoms with van der Waals surface area (Å²) in [7, 11) is 0. The van der Waals surface area contributed by atoms with E-state index in [0.29, 0.717) is 41.0 Å². The number of nitrogens with zero attached hydrogens (tertiary/aromatic N) is 3. The summed E-state index contributed by atoms with van der Waals surface area (Å²) in [5.41, 5.74) is 0.900. The molecule has 0 aliphatic carbocycles. The van der Waals surface area contributed by atoms with Gasteiger partial charge < -0.3 is 20.1 Å². The first-order chi connectivity index (χ1) is 12.0. The zero-order valence-electron chi connectivity index (χ0n) is 13.2. The first-order valence-electron chi connectivity index (χ1n) is 7.64. The molecule has 1 unspecified atom stereocenters. The van der Waals surface area contributed by atoms with E-state index in [1.165, 1.54) is 6.20 Å². The number of piperazine rings is 1. The van der Waals surface area contributed by atoms with E-state index >= 15 is 0 Å². The van der Waals surface area contributed by atoms with Gasteiger partial charge in [-0.15, -0.1) is 0 Å². The lowest BCUT2D eigenvalue weighted by atomic mass is 10.2. The number of rotatable bonds is 5. The second kappa shape index (κ2) is 7.99. The van der Waals surface area contributed by atoms with Gasteiger partial charge in [0.05, 0.1) is 6.20 Å². The number of carboxylic acid groups (broad SMARTS) is 1. The molecule has 1 aliphatic rings. The molecule has 0 amide bonds. The summed E-state index contributed by atoms with van der Waals surface area (Å²) in [4.78, 5) is 21.8. The molecule has 7 nitrogen and oxygen atoms in total. The van der Waals surface area contributed by atoms with Crippen molar-refractivity contribution in [1.29, 1.82) is 0 Å². The molecule has 2 heterocycles. The molecule has 2 aromatic rings. The van der Waals surface area contributed by atoms with Crippen molar-refractivity contribution in [3.05, 3.63) is 45.7 Å². The van der Waals surface area contributed by atoms with Crippen LogP contribution in [0.25, 0.3) is 0 Å². The normalized spacial score (nSPS) is 17.4. The molecule has 25 heavy (non-hydrogen) atoms. The zero-order valence-corrected chi connectivity index (χ0v) is 15.5. The number of nitrogens with one attached hydrogen (secondary N) is 1. The van der Waals surface area contributed by atoms with Crippen LogP contribution in [0.15, 0.2) is 35.1 Å². The van der Waals surface area contributed by atoms with Crippen LogP contribution in [0.3, 0.4) is 0 Å². The highest BCUT2D eigenvalue weighted by molar-refractivity contribution is 9.10. The summed E-state index contributed by atoms with van der Waals surface area (Å²) in [5, 5.41) is 13.1. The summed E-state index contributed by atoms with van der Waals surface area (Å²) >= 11 is 9.28. The third kappa shape index (κ3) is 4.39. The highest BCUT2D eigenvalue weighted by atomic mass is 79.9. The van der Waals surface area contributed by atoms with Crippen LogP contribution in [0.5, 0.6) is 5.88 Å². The van der Waals surface area contributed by atoms with Crippen molar-refractivity contribution in [2.45, 2.75) is 12.6 Å².